The predicted molar refractivity (Wildman–Crippen MR) is 91.2 cm³/mol. The Hall–Kier alpha value is -1.70. The fourth-order valence-corrected chi connectivity index (χ4v) is 2.00. The summed E-state index contributed by atoms with van der Waals surface area (Å²) >= 11 is 0. The fraction of sp³-hybridized carbons (Fsp3) is 0.533. The topological polar surface area (TPSA) is 83.3 Å². The number of hydrogen-bond donors (Lipinski definition) is 1. The monoisotopic (exact) mass is 348 g/mol. The molecule has 1 atom stereocenters. The molecule has 0 bridgehead atoms. The minimum atomic E-state index is -0.308. The van der Waals surface area contributed by atoms with Crippen molar-refractivity contribution in [1.29, 1.82) is 0 Å². The van der Waals surface area contributed by atoms with Crippen LogP contribution in [0.5, 0.6) is 17.2 Å². The van der Waals surface area contributed by atoms with Gasteiger partial charge in [0.05, 0.1) is 39.5 Å². The maximum absolute atomic E-state index is 12.3. The van der Waals surface area contributed by atoms with E-state index in [2.05, 4.69) is 0 Å². The summed E-state index contributed by atoms with van der Waals surface area (Å²) in [6.07, 6.45) is -0.114. The van der Waals surface area contributed by atoms with Crippen molar-refractivity contribution in [3.63, 3.8) is 0 Å². The molecule has 1 rings (SSSR count). The largest absolute Gasteiger partial charge is 0.493 e. The molecule has 0 aromatic heterocycles. The highest BCUT2D eigenvalue weighted by Gasteiger charge is 2.20. The molecule has 0 radical (unpaired) electrons. The lowest BCUT2D eigenvalue weighted by atomic mass is 10.2. The van der Waals surface area contributed by atoms with Gasteiger partial charge in [-0.15, -0.1) is 12.4 Å². The summed E-state index contributed by atoms with van der Waals surface area (Å²) in [6.45, 7) is 0.283. The summed E-state index contributed by atoms with van der Waals surface area (Å²) in [4.78, 5) is 13.8. The number of benzene rings is 1. The molecular weight excluding hydrogens is 324 g/mol. The number of rotatable bonds is 8. The lowest BCUT2D eigenvalue weighted by molar-refractivity contribution is -0.120. The van der Waals surface area contributed by atoms with E-state index in [9.17, 15) is 4.79 Å². The Labute approximate surface area is 143 Å². The van der Waals surface area contributed by atoms with Crippen LogP contribution in [0.3, 0.4) is 0 Å². The van der Waals surface area contributed by atoms with Gasteiger partial charge in [0.25, 0.3) is 0 Å². The molecule has 0 aliphatic rings. The van der Waals surface area contributed by atoms with Gasteiger partial charge < -0.3 is 29.6 Å². The smallest absolute Gasteiger partial charge is 0.229 e. The van der Waals surface area contributed by atoms with Crippen LogP contribution < -0.4 is 24.8 Å². The second-order valence-corrected chi connectivity index (χ2v) is 4.63. The SMILES string of the molecule is COc1cc(N(C)C(=O)CC(CN)OC)cc(OC)c1OC.Cl. The second-order valence-electron chi connectivity index (χ2n) is 4.63. The molecule has 1 unspecified atom stereocenters. The summed E-state index contributed by atoms with van der Waals surface area (Å²) in [5, 5.41) is 0. The maximum Gasteiger partial charge on any atom is 0.229 e. The van der Waals surface area contributed by atoms with E-state index in [0.29, 0.717) is 22.9 Å². The zero-order valence-electron chi connectivity index (χ0n) is 14.1. The quantitative estimate of drug-likeness (QED) is 0.765. The van der Waals surface area contributed by atoms with E-state index in [1.807, 2.05) is 0 Å². The molecule has 1 amide bonds. The van der Waals surface area contributed by atoms with Gasteiger partial charge in [-0.1, -0.05) is 0 Å². The number of nitrogens with two attached hydrogens (primary N) is 1. The molecule has 1 aromatic carbocycles. The number of ether oxygens (including phenoxy) is 4. The average Bonchev–Trinajstić information content (AvgIpc) is 2.56. The first-order chi connectivity index (χ1) is 10.5. The van der Waals surface area contributed by atoms with Crippen LogP contribution in [0.25, 0.3) is 0 Å². The molecule has 0 saturated heterocycles. The van der Waals surface area contributed by atoms with Gasteiger partial charge in [0.15, 0.2) is 11.5 Å². The second kappa shape index (κ2) is 10.1. The van der Waals surface area contributed by atoms with Gasteiger partial charge in [0, 0.05) is 32.8 Å². The van der Waals surface area contributed by atoms with Crippen molar-refractivity contribution in [3.8, 4) is 17.2 Å². The first-order valence-corrected chi connectivity index (χ1v) is 6.81. The van der Waals surface area contributed by atoms with Crippen LogP contribution >= 0.6 is 12.4 Å². The molecule has 0 saturated carbocycles. The van der Waals surface area contributed by atoms with Gasteiger partial charge in [-0.3, -0.25) is 4.79 Å². The highest BCUT2D eigenvalue weighted by atomic mass is 35.5. The van der Waals surface area contributed by atoms with Crippen molar-refractivity contribution < 1.29 is 23.7 Å². The first-order valence-electron chi connectivity index (χ1n) is 6.81. The lowest BCUT2D eigenvalue weighted by Crippen LogP contribution is -2.33. The number of nitrogens with zero attached hydrogens (tertiary/aromatic N) is 1. The van der Waals surface area contributed by atoms with Crippen molar-refractivity contribution in [3.05, 3.63) is 12.1 Å². The predicted octanol–water partition coefficient (Wildman–Crippen LogP) is 1.46. The summed E-state index contributed by atoms with van der Waals surface area (Å²) < 4.78 is 21.0. The standard InChI is InChI=1S/C15H24N2O5.ClH/c1-17(14(18)8-11(9-16)19-2)10-6-12(20-3)15(22-5)13(7-10)21-4;/h6-7,11H,8-9,16H2,1-5H3;1H. The summed E-state index contributed by atoms with van der Waals surface area (Å²) in [5.74, 6) is 1.33. The van der Waals surface area contributed by atoms with E-state index < -0.39 is 0 Å². The molecule has 1 aromatic rings. The third kappa shape index (κ3) is 5.16. The van der Waals surface area contributed by atoms with Crippen molar-refractivity contribution in [2.45, 2.75) is 12.5 Å². The molecule has 0 heterocycles. The van der Waals surface area contributed by atoms with Crippen LogP contribution in [0.2, 0.25) is 0 Å². The minimum absolute atomic E-state index is 0. The number of hydrogen-bond acceptors (Lipinski definition) is 6. The van der Waals surface area contributed by atoms with Crippen LogP contribution in [0.1, 0.15) is 6.42 Å². The maximum atomic E-state index is 12.3. The Balaban J connectivity index is 0.00000484. The van der Waals surface area contributed by atoms with Gasteiger partial charge in [0.2, 0.25) is 11.7 Å². The molecular formula is C15H25ClN2O5. The van der Waals surface area contributed by atoms with Gasteiger partial charge in [-0.05, 0) is 0 Å². The van der Waals surface area contributed by atoms with Crippen molar-refractivity contribution in [2.75, 3.05) is 46.9 Å². The van der Waals surface area contributed by atoms with Crippen LogP contribution in [0.4, 0.5) is 5.69 Å². The number of amides is 1. The highest BCUT2D eigenvalue weighted by molar-refractivity contribution is 5.93. The number of methoxy groups -OCH3 is 4. The summed E-state index contributed by atoms with van der Waals surface area (Å²) in [5.41, 5.74) is 6.18. The zero-order chi connectivity index (χ0) is 16.7. The number of halogens is 1. The van der Waals surface area contributed by atoms with E-state index in [1.54, 1.807) is 19.2 Å². The normalized spacial score (nSPS) is 11.2. The minimum Gasteiger partial charge on any atom is -0.493 e. The summed E-state index contributed by atoms with van der Waals surface area (Å²) in [7, 11) is 7.78. The van der Waals surface area contributed by atoms with Crippen LogP contribution in [-0.2, 0) is 9.53 Å². The van der Waals surface area contributed by atoms with E-state index in [0.717, 1.165) is 0 Å². The highest BCUT2D eigenvalue weighted by Crippen LogP contribution is 2.40. The van der Waals surface area contributed by atoms with Crippen LogP contribution in [0, 0.1) is 0 Å². The Morgan fingerprint density at radius 2 is 1.65 bits per heavy atom. The molecule has 0 spiro atoms. The molecule has 2 N–H and O–H groups in total. The van der Waals surface area contributed by atoms with Crippen molar-refractivity contribution in [2.24, 2.45) is 5.73 Å². The van der Waals surface area contributed by atoms with E-state index in [4.69, 9.17) is 24.7 Å². The average molecular weight is 349 g/mol. The Morgan fingerprint density at radius 1 is 1.13 bits per heavy atom. The Morgan fingerprint density at radius 3 is 2.00 bits per heavy atom. The molecule has 23 heavy (non-hydrogen) atoms. The molecule has 8 heteroatoms. The van der Waals surface area contributed by atoms with E-state index in [1.165, 1.54) is 33.3 Å². The van der Waals surface area contributed by atoms with Crippen LogP contribution in [0.15, 0.2) is 12.1 Å². The Bertz CT molecular complexity index is 484. The van der Waals surface area contributed by atoms with Gasteiger partial charge in [-0.2, -0.15) is 0 Å². The summed E-state index contributed by atoms with van der Waals surface area (Å²) in [6, 6.07) is 3.42. The van der Waals surface area contributed by atoms with Crippen molar-refractivity contribution >= 4 is 24.0 Å². The molecule has 0 aliphatic heterocycles. The van der Waals surface area contributed by atoms with Gasteiger partial charge in [0.1, 0.15) is 0 Å². The molecule has 0 fully saturated rings. The van der Waals surface area contributed by atoms with Crippen molar-refractivity contribution in [1.82, 2.24) is 0 Å². The van der Waals surface area contributed by atoms with E-state index >= 15 is 0 Å². The zero-order valence-corrected chi connectivity index (χ0v) is 14.9. The molecule has 0 aliphatic carbocycles. The number of carbonyl (C=O) groups is 1. The third-order valence-corrected chi connectivity index (χ3v) is 3.41. The number of carbonyl (C=O) groups excluding carboxylic acids is 1. The fourth-order valence-electron chi connectivity index (χ4n) is 2.00. The molecule has 7 nitrogen and oxygen atoms in total. The lowest BCUT2D eigenvalue weighted by Gasteiger charge is -2.22. The van der Waals surface area contributed by atoms with E-state index in [-0.39, 0.29) is 37.4 Å². The number of anilines is 1. The van der Waals surface area contributed by atoms with Gasteiger partial charge in [-0.25, -0.2) is 0 Å². The van der Waals surface area contributed by atoms with Crippen LogP contribution in [-0.4, -0.2) is 54.0 Å². The third-order valence-electron chi connectivity index (χ3n) is 3.41. The molecule has 132 valence electrons. The Kier molecular flexibility index (Phi) is 9.40. The first kappa shape index (κ1) is 21.3. The van der Waals surface area contributed by atoms with Gasteiger partial charge >= 0.3 is 0 Å².